The van der Waals surface area contributed by atoms with E-state index in [0.29, 0.717) is 5.70 Å². The van der Waals surface area contributed by atoms with Gasteiger partial charge in [0, 0.05) is 23.4 Å². The Hall–Kier alpha value is -2.69. The second-order valence-electron chi connectivity index (χ2n) is 4.23. The number of hydrogen-bond acceptors (Lipinski definition) is 3. The van der Waals surface area contributed by atoms with Crippen LogP contribution in [-0.2, 0) is 0 Å². The molecule has 0 spiro atoms. The number of nitro benzene ring substituents is 1. The first kappa shape index (κ1) is 15.4. The van der Waals surface area contributed by atoms with Crippen LogP contribution >= 0.6 is 0 Å². The summed E-state index contributed by atoms with van der Waals surface area (Å²) in [6.07, 6.45) is 5.26. The summed E-state index contributed by atoms with van der Waals surface area (Å²) in [5.74, 6) is -0.382. The Morgan fingerprint density at radius 3 is 2.65 bits per heavy atom. The van der Waals surface area contributed by atoms with Gasteiger partial charge in [0.1, 0.15) is 0 Å². The quantitative estimate of drug-likeness (QED) is 0.507. The van der Waals surface area contributed by atoms with Crippen LogP contribution in [0, 0.1) is 10.1 Å². The van der Waals surface area contributed by atoms with Crippen LogP contribution in [-0.4, -0.2) is 10.8 Å². The van der Waals surface area contributed by atoms with E-state index >= 15 is 0 Å². The summed E-state index contributed by atoms with van der Waals surface area (Å²) in [6.45, 7) is 7.25. The van der Waals surface area contributed by atoms with Crippen LogP contribution in [0.2, 0.25) is 0 Å². The lowest BCUT2D eigenvalue weighted by molar-refractivity contribution is -0.384. The second kappa shape index (κ2) is 7.04. The number of carbonyl (C=O) groups excluding carboxylic acids is 1. The number of nitrogens with zero attached hydrogens (tertiary/aromatic N) is 1. The average Bonchev–Trinajstić information content (AvgIpc) is 2.44. The van der Waals surface area contributed by atoms with Crippen molar-refractivity contribution in [1.82, 2.24) is 5.32 Å². The molecule has 0 unspecified atom stereocenters. The second-order valence-corrected chi connectivity index (χ2v) is 4.23. The number of nitro groups is 1. The van der Waals surface area contributed by atoms with Gasteiger partial charge in [-0.2, -0.15) is 0 Å². The van der Waals surface area contributed by atoms with E-state index in [0.717, 1.165) is 5.57 Å². The van der Waals surface area contributed by atoms with Crippen molar-refractivity contribution >= 4 is 11.6 Å². The van der Waals surface area contributed by atoms with Gasteiger partial charge in [0.05, 0.1) is 4.92 Å². The van der Waals surface area contributed by atoms with E-state index in [1.165, 1.54) is 24.3 Å². The minimum Gasteiger partial charge on any atom is -0.326 e. The number of rotatable bonds is 5. The Morgan fingerprint density at radius 1 is 1.35 bits per heavy atom. The Balaban J connectivity index is 2.84. The third-order valence-corrected chi connectivity index (χ3v) is 2.55. The van der Waals surface area contributed by atoms with E-state index in [1.807, 2.05) is 13.0 Å². The largest absolute Gasteiger partial charge is 0.326 e. The zero-order valence-electron chi connectivity index (χ0n) is 11.4. The van der Waals surface area contributed by atoms with Gasteiger partial charge >= 0.3 is 0 Å². The highest BCUT2D eigenvalue weighted by atomic mass is 16.6. The molecule has 1 N–H and O–H groups in total. The molecule has 5 nitrogen and oxygen atoms in total. The van der Waals surface area contributed by atoms with Gasteiger partial charge in [-0.1, -0.05) is 30.4 Å². The number of non-ortho nitro benzene ring substituents is 1. The molecule has 20 heavy (non-hydrogen) atoms. The molecule has 5 heteroatoms. The monoisotopic (exact) mass is 272 g/mol. The van der Waals surface area contributed by atoms with Crippen LogP contribution in [0.1, 0.15) is 24.2 Å². The molecule has 0 fully saturated rings. The Labute approximate surface area is 117 Å². The fourth-order valence-corrected chi connectivity index (χ4v) is 1.38. The van der Waals surface area contributed by atoms with Crippen LogP contribution < -0.4 is 5.32 Å². The van der Waals surface area contributed by atoms with E-state index in [9.17, 15) is 14.9 Å². The van der Waals surface area contributed by atoms with Crippen molar-refractivity contribution in [3.63, 3.8) is 0 Å². The molecular formula is C15H16N2O3. The molecule has 0 bridgehead atoms. The van der Waals surface area contributed by atoms with Crippen molar-refractivity contribution in [2.24, 2.45) is 0 Å². The lowest BCUT2D eigenvalue weighted by Gasteiger charge is -2.04. The van der Waals surface area contributed by atoms with Crippen LogP contribution in [0.3, 0.4) is 0 Å². The average molecular weight is 272 g/mol. The lowest BCUT2D eigenvalue weighted by Crippen LogP contribution is -2.21. The number of amides is 1. The van der Waals surface area contributed by atoms with E-state index in [2.05, 4.69) is 11.9 Å². The van der Waals surface area contributed by atoms with E-state index in [1.54, 1.807) is 19.1 Å². The Kier molecular flexibility index (Phi) is 5.41. The van der Waals surface area contributed by atoms with Gasteiger partial charge in [-0.25, -0.2) is 0 Å². The number of benzene rings is 1. The van der Waals surface area contributed by atoms with E-state index in [-0.39, 0.29) is 17.2 Å². The number of hydrogen-bond donors (Lipinski definition) is 1. The van der Waals surface area contributed by atoms with Crippen molar-refractivity contribution in [2.45, 2.75) is 13.8 Å². The third kappa shape index (κ3) is 4.53. The van der Waals surface area contributed by atoms with Gasteiger partial charge in [-0.3, -0.25) is 14.9 Å². The zero-order chi connectivity index (χ0) is 15.1. The van der Waals surface area contributed by atoms with Gasteiger partial charge in [0.2, 0.25) is 0 Å². The van der Waals surface area contributed by atoms with E-state index < -0.39 is 4.92 Å². The molecule has 104 valence electrons. The zero-order valence-corrected chi connectivity index (χ0v) is 11.4. The predicted molar refractivity (Wildman–Crippen MR) is 78.3 cm³/mol. The lowest BCUT2D eigenvalue weighted by atomic mass is 10.2. The maximum atomic E-state index is 11.9. The first-order valence-electron chi connectivity index (χ1n) is 5.97. The normalized spacial score (nSPS) is 11.9. The molecule has 1 rings (SSSR count). The summed E-state index contributed by atoms with van der Waals surface area (Å²) in [6, 6.07) is 5.59. The molecule has 1 aromatic carbocycles. The molecule has 0 aliphatic heterocycles. The number of allylic oxidation sites excluding steroid dienone is 5. The highest BCUT2D eigenvalue weighted by Gasteiger charge is 2.11. The summed E-state index contributed by atoms with van der Waals surface area (Å²) in [5.41, 5.74) is 1.75. The predicted octanol–water partition coefficient (Wildman–Crippen LogP) is 3.36. The number of nitrogens with one attached hydrogen (secondary N) is 1. The molecule has 0 atom stereocenters. The number of carbonyl (C=O) groups is 1. The van der Waals surface area contributed by atoms with Crippen molar-refractivity contribution in [3.8, 4) is 0 Å². The van der Waals surface area contributed by atoms with E-state index in [4.69, 9.17) is 0 Å². The first-order valence-corrected chi connectivity index (χ1v) is 5.97. The molecule has 1 amide bonds. The topological polar surface area (TPSA) is 72.2 Å². The van der Waals surface area contributed by atoms with Crippen molar-refractivity contribution < 1.29 is 9.72 Å². The molecule has 0 saturated carbocycles. The van der Waals surface area contributed by atoms with Gasteiger partial charge < -0.3 is 5.32 Å². The molecule has 0 heterocycles. The van der Waals surface area contributed by atoms with Crippen LogP contribution in [0.5, 0.6) is 0 Å². The summed E-state index contributed by atoms with van der Waals surface area (Å²) in [4.78, 5) is 22.1. The highest BCUT2D eigenvalue weighted by Crippen LogP contribution is 2.13. The van der Waals surface area contributed by atoms with Crippen LogP contribution in [0.4, 0.5) is 5.69 Å². The molecule has 0 aromatic heterocycles. The summed E-state index contributed by atoms with van der Waals surface area (Å²) < 4.78 is 0. The van der Waals surface area contributed by atoms with Gasteiger partial charge in [-0.15, -0.1) is 0 Å². The van der Waals surface area contributed by atoms with Crippen molar-refractivity contribution in [1.29, 1.82) is 0 Å². The van der Waals surface area contributed by atoms with Crippen LogP contribution in [0.15, 0.2) is 60.3 Å². The molecule has 0 radical (unpaired) electrons. The van der Waals surface area contributed by atoms with Gasteiger partial charge in [0.15, 0.2) is 0 Å². The van der Waals surface area contributed by atoms with Crippen molar-refractivity contribution in [2.75, 3.05) is 0 Å². The first-order chi connectivity index (χ1) is 9.43. The Morgan fingerprint density at radius 2 is 2.05 bits per heavy atom. The smallest absolute Gasteiger partial charge is 0.270 e. The highest BCUT2D eigenvalue weighted by molar-refractivity contribution is 5.95. The SMILES string of the molecule is C=C/C(C)=C\C=C(/C)NC(=O)c1cccc([N+](=O)[O-])c1. The molecular weight excluding hydrogens is 256 g/mol. The molecule has 0 saturated heterocycles. The summed E-state index contributed by atoms with van der Waals surface area (Å²) >= 11 is 0. The maximum absolute atomic E-state index is 11.9. The van der Waals surface area contributed by atoms with Crippen molar-refractivity contribution in [3.05, 3.63) is 76.0 Å². The third-order valence-electron chi connectivity index (χ3n) is 2.55. The minimum atomic E-state index is -0.532. The molecule has 0 aliphatic rings. The minimum absolute atomic E-state index is 0.110. The fourth-order valence-electron chi connectivity index (χ4n) is 1.38. The molecule has 1 aromatic rings. The maximum Gasteiger partial charge on any atom is 0.270 e. The van der Waals surface area contributed by atoms with Gasteiger partial charge in [0.25, 0.3) is 11.6 Å². The Bertz CT molecular complexity index is 601. The van der Waals surface area contributed by atoms with Crippen LogP contribution in [0.25, 0.3) is 0 Å². The van der Waals surface area contributed by atoms with Gasteiger partial charge in [-0.05, 0) is 26.0 Å². The molecule has 0 aliphatic carbocycles. The summed E-state index contributed by atoms with van der Waals surface area (Å²) in [7, 11) is 0. The fraction of sp³-hybridized carbons (Fsp3) is 0.133. The standard InChI is InChI=1S/C15H16N2O3/c1-4-11(2)8-9-12(3)16-15(18)13-6-5-7-14(10-13)17(19)20/h4-10H,1H2,2-3H3,(H,16,18)/b11-8-,12-9+. The summed E-state index contributed by atoms with van der Waals surface area (Å²) in [5, 5.41) is 13.3.